The van der Waals surface area contributed by atoms with E-state index in [9.17, 15) is 0 Å². The molecule has 0 saturated carbocycles. The molecule has 2 N–H and O–H groups in total. The zero-order chi connectivity index (χ0) is 11.1. The summed E-state index contributed by atoms with van der Waals surface area (Å²) in [6, 6.07) is 0.603. The molecule has 3 heteroatoms. The van der Waals surface area contributed by atoms with Gasteiger partial charge >= 0.3 is 0 Å². The zero-order valence-electron chi connectivity index (χ0n) is 10.2. The average molecular weight is 214 g/mol. The largest absolute Gasteiger partial charge is 0.396 e. The Hall–Kier alpha value is -0.120. The minimum absolute atomic E-state index is 0.315. The molecule has 0 bridgehead atoms. The Morgan fingerprint density at radius 1 is 1.33 bits per heavy atom. The van der Waals surface area contributed by atoms with Crippen molar-refractivity contribution in [3.63, 3.8) is 0 Å². The standard InChI is InChI=1S/C12H26N2O/c1-11(2)14(8-3-9-15)10-12-4-6-13-7-5-12/h11-13,15H,3-10H2,1-2H3. The van der Waals surface area contributed by atoms with Gasteiger partial charge in [-0.15, -0.1) is 0 Å². The van der Waals surface area contributed by atoms with Crippen molar-refractivity contribution in [1.82, 2.24) is 10.2 Å². The minimum atomic E-state index is 0.315. The van der Waals surface area contributed by atoms with Gasteiger partial charge in [0, 0.05) is 25.7 Å². The molecule has 1 aliphatic heterocycles. The molecule has 0 aliphatic carbocycles. The molecule has 1 heterocycles. The van der Waals surface area contributed by atoms with Crippen LogP contribution in [-0.4, -0.2) is 48.8 Å². The van der Waals surface area contributed by atoms with Crippen LogP contribution in [0.2, 0.25) is 0 Å². The number of rotatable bonds is 6. The molecule has 0 atom stereocenters. The number of nitrogens with zero attached hydrogens (tertiary/aromatic N) is 1. The summed E-state index contributed by atoms with van der Waals surface area (Å²) in [7, 11) is 0. The van der Waals surface area contributed by atoms with Gasteiger partial charge in [-0.05, 0) is 52.1 Å². The normalized spacial score (nSPS) is 19.0. The summed E-state index contributed by atoms with van der Waals surface area (Å²) in [6.07, 6.45) is 3.52. The molecule has 1 saturated heterocycles. The van der Waals surface area contributed by atoms with Gasteiger partial charge in [0.2, 0.25) is 0 Å². The molecule has 90 valence electrons. The highest BCUT2D eigenvalue weighted by Crippen LogP contribution is 2.15. The third-order valence-corrected chi connectivity index (χ3v) is 3.29. The number of aliphatic hydroxyl groups is 1. The SMILES string of the molecule is CC(C)N(CCCO)CC1CCNCC1. The predicted octanol–water partition coefficient (Wildman–Crippen LogP) is 1.08. The van der Waals surface area contributed by atoms with Crippen LogP contribution in [0.3, 0.4) is 0 Å². The molecular weight excluding hydrogens is 188 g/mol. The minimum Gasteiger partial charge on any atom is -0.396 e. The highest BCUT2D eigenvalue weighted by atomic mass is 16.3. The van der Waals surface area contributed by atoms with Crippen molar-refractivity contribution >= 4 is 0 Å². The molecule has 0 amide bonds. The molecule has 15 heavy (non-hydrogen) atoms. The lowest BCUT2D eigenvalue weighted by molar-refractivity contribution is 0.154. The molecule has 1 fully saturated rings. The van der Waals surface area contributed by atoms with Crippen molar-refractivity contribution in [2.24, 2.45) is 5.92 Å². The molecule has 0 spiro atoms. The first-order valence-electron chi connectivity index (χ1n) is 6.29. The van der Waals surface area contributed by atoms with Crippen molar-refractivity contribution in [3.8, 4) is 0 Å². The van der Waals surface area contributed by atoms with E-state index < -0.39 is 0 Å². The summed E-state index contributed by atoms with van der Waals surface area (Å²) in [5, 5.41) is 12.3. The van der Waals surface area contributed by atoms with Gasteiger partial charge in [0.1, 0.15) is 0 Å². The molecule has 0 radical (unpaired) electrons. The monoisotopic (exact) mass is 214 g/mol. The number of piperidine rings is 1. The maximum absolute atomic E-state index is 8.87. The third kappa shape index (κ3) is 4.96. The molecule has 0 aromatic heterocycles. The Balaban J connectivity index is 2.28. The van der Waals surface area contributed by atoms with Gasteiger partial charge < -0.3 is 15.3 Å². The molecule has 1 aliphatic rings. The summed E-state index contributed by atoms with van der Waals surface area (Å²) in [5.41, 5.74) is 0. The first-order valence-corrected chi connectivity index (χ1v) is 6.29. The van der Waals surface area contributed by atoms with Crippen LogP contribution >= 0.6 is 0 Å². The van der Waals surface area contributed by atoms with Crippen LogP contribution in [0.5, 0.6) is 0 Å². The van der Waals surface area contributed by atoms with Crippen molar-refractivity contribution in [2.75, 3.05) is 32.8 Å². The lowest BCUT2D eigenvalue weighted by Gasteiger charge is -2.32. The lowest BCUT2D eigenvalue weighted by Crippen LogP contribution is -2.40. The van der Waals surface area contributed by atoms with Crippen LogP contribution in [0.15, 0.2) is 0 Å². The number of hydrogen-bond donors (Lipinski definition) is 2. The Morgan fingerprint density at radius 3 is 2.53 bits per heavy atom. The molecule has 0 unspecified atom stereocenters. The van der Waals surface area contributed by atoms with Crippen LogP contribution in [0, 0.1) is 5.92 Å². The van der Waals surface area contributed by atoms with E-state index in [0.717, 1.165) is 18.9 Å². The number of nitrogens with one attached hydrogen (secondary N) is 1. The molecule has 1 rings (SSSR count). The van der Waals surface area contributed by atoms with E-state index in [2.05, 4.69) is 24.1 Å². The second-order valence-corrected chi connectivity index (χ2v) is 4.86. The molecular formula is C12H26N2O. The Morgan fingerprint density at radius 2 is 2.00 bits per heavy atom. The fourth-order valence-electron chi connectivity index (χ4n) is 2.23. The topological polar surface area (TPSA) is 35.5 Å². The Bertz CT molecular complexity index is 156. The predicted molar refractivity (Wildman–Crippen MR) is 64.0 cm³/mol. The molecule has 3 nitrogen and oxygen atoms in total. The number of hydrogen-bond acceptors (Lipinski definition) is 3. The second-order valence-electron chi connectivity index (χ2n) is 4.86. The van der Waals surface area contributed by atoms with E-state index in [-0.39, 0.29) is 0 Å². The quantitative estimate of drug-likeness (QED) is 0.694. The summed E-state index contributed by atoms with van der Waals surface area (Å²) < 4.78 is 0. The van der Waals surface area contributed by atoms with E-state index in [4.69, 9.17) is 5.11 Å². The van der Waals surface area contributed by atoms with Gasteiger partial charge in [-0.1, -0.05) is 0 Å². The zero-order valence-corrected chi connectivity index (χ0v) is 10.2. The average Bonchev–Trinajstić information content (AvgIpc) is 2.25. The van der Waals surface area contributed by atoms with Gasteiger partial charge in [-0.3, -0.25) is 0 Å². The molecule has 0 aromatic rings. The van der Waals surface area contributed by atoms with E-state index in [0.29, 0.717) is 12.6 Å². The molecule has 0 aromatic carbocycles. The van der Waals surface area contributed by atoms with Crippen molar-refractivity contribution < 1.29 is 5.11 Å². The van der Waals surface area contributed by atoms with Gasteiger partial charge in [-0.2, -0.15) is 0 Å². The van der Waals surface area contributed by atoms with Crippen LogP contribution in [0.25, 0.3) is 0 Å². The second kappa shape index (κ2) is 7.20. The van der Waals surface area contributed by atoms with Gasteiger partial charge in [0.15, 0.2) is 0 Å². The lowest BCUT2D eigenvalue weighted by atomic mass is 9.97. The smallest absolute Gasteiger partial charge is 0.0443 e. The Labute approximate surface area is 93.9 Å². The Kier molecular flexibility index (Phi) is 6.22. The highest BCUT2D eigenvalue weighted by Gasteiger charge is 2.18. The van der Waals surface area contributed by atoms with E-state index in [1.807, 2.05) is 0 Å². The van der Waals surface area contributed by atoms with Gasteiger partial charge in [0.05, 0.1) is 0 Å². The van der Waals surface area contributed by atoms with Gasteiger partial charge in [0.25, 0.3) is 0 Å². The van der Waals surface area contributed by atoms with Crippen LogP contribution in [0.4, 0.5) is 0 Å². The van der Waals surface area contributed by atoms with Crippen molar-refractivity contribution in [3.05, 3.63) is 0 Å². The maximum atomic E-state index is 8.87. The number of aliphatic hydroxyl groups excluding tert-OH is 1. The van der Waals surface area contributed by atoms with E-state index in [1.165, 1.54) is 32.5 Å². The van der Waals surface area contributed by atoms with Crippen molar-refractivity contribution in [1.29, 1.82) is 0 Å². The maximum Gasteiger partial charge on any atom is 0.0443 e. The fourth-order valence-corrected chi connectivity index (χ4v) is 2.23. The van der Waals surface area contributed by atoms with Crippen molar-refractivity contribution in [2.45, 2.75) is 39.2 Å². The summed E-state index contributed by atoms with van der Waals surface area (Å²) >= 11 is 0. The first-order chi connectivity index (χ1) is 7.24. The fraction of sp³-hybridized carbons (Fsp3) is 1.00. The van der Waals surface area contributed by atoms with Gasteiger partial charge in [-0.25, -0.2) is 0 Å². The summed E-state index contributed by atoms with van der Waals surface area (Å²) in [6.45, 7) is 9.41. The van der Waals surface area contributed by atoms with E-state index in [1.54, 1.807) is 0 Å². The highest BCUT2D eigenvalue weighted by molar-refractivity contribution is 4.74. The first kappa shape index (κ1) is 12.9. The van der Waals surface area contributed by atoms with Crippen LogP contribution < -0.4 is 5.32 Å². The van der Waals surface area contributed by atoms with Crippen LogP contribution in [0.1, 0.15) is 33.1 Å². The third-order valence-electron chi connectivity index (χ3n) is 3.29. The summed E-state index contributed by atoms with van der Waals surface area (Å²) in [5.74, 6) is 0.854. The van der Waals surface area contributed by atoms with E-state index >= 15 is 0 Å². The van der Waals surface area contributed by atoms with Crippen LogP contribution in [-0.2, 0) is 0 Å². The summed E-state index contributed by atoms with van der Waals surface area (Å²) in [4.78, 5) is 2.51.